The van der Waals surface area contributed by atoms with Crippen LogP contribution >= 0.6 is 0 Å². The van der Waals surface area contributed by atoms with E-state index in [0.29, 0.717) is 16.9 Å². The Morgan fingerprint density at radius 3 is 2.54 bits per heavy atom. The molecule has 1 spiro atoms. The van der Waals surface area contributed by atoms with Gasteiger partial charge in [-0.05, 0) is 80.0 Å². The summed E-state index contributed by atoms with van der Waals surface area (Å²) in [7, 11) is 1.89. The minimum absolute atomic E-state index is 0.265. The van der Waals surface area contributed by atoms with Crippen molar-refractivity contribution >= 4 is 0 Å². The van der Waals surface area contributed by atoms with E-state index in [1.807, 2.05) is 7.11 Å². The van der Waals surface area contributed by atoms with Gasteiger partial charge in [-0.1, -0.05) is 25.5 Å². The third-order valence-electron chi connectivity index (χ3n) is 9.57. The van der Waals surface area contributed by atoms with Gasteiger partial charge in [-0.2, -0.15) is 0 Å². The highest BCUT2D eigenvalue weighted by atomic mass is 16.5. The molecule has 0 radical (unpaired) electrons. The first-order valence-corrected chi connectivity index (χ1v) is 10.4. The minimum Gasteiger partial charge on any atom is -0.381 e. The van der Waals surface area contributed by atoms with Crippen LogP contribution < -0.4 is 0 Å². The van der Waals surface area contributed by atoms with Crippen molar-refractivity contribution in [2.24, 2.45) is 28.6 Å². The van der Waals surface area contributed by atoms with Gasteiger partial charge in [0.25, 0.3) is 0 Å². The maximum absolute atomic E-state index is 6.26. The van der Waals surface area contributed by atoms with E-state index in [4.69, 9.17) is 9.47 Å². The first-order chi connectivity index (χ1) is 11.5. The molecular weight excluding hydrogens is 296 g/mol. The Morgan fingerprint density at radius 1 is 1.04 bits per heavy atom. The SMILES string of the molecule is CO[C@@H]1CC[C@@]2(C)C(=CC[C@H]3[C@H]4CC[C@@]5(CCO5)[C@@]4(C)CC[C@@H]32)C1. The van der Waals surface area contributed by atoms with E-state index in [0.717, 1.165) is 24.4 Å². The summed E-state index contributed by atoms with van der Waals surface area (Å²) in [6, 6.07) is 0. The number of hydrogen-bond donors (Lipinski definition) is 0. The predicted molar refractivity (Wildman–Crippen MR) is 95.8 cm³/mol. The Kier molecular flexibility index (Phi) is 3.37. The second kappa shape index (κ2) is 5.10. The van der Waals surface area contributed by atoms with Gasteiger partial charge in [-0.25, -0.2) is 0 Å². The van der Waals surface area contributed by atoms with Gasteiger partial charge in [-0.15, -0.1) is 0 Å². The summed E-state index contributed by atoms with van der Waals surface area (Å²) < 4.78 is 12.0. The number of hydrogen-bond acceptors (Lipinski definition) is 2. The van der Waals surface area contributed by atoms with Crippen molar-refractivity contribution in [2.45, 2.75) is 83.3 Å². The fourth-order valence-corrected chi connectivity index (χ4v) is 7.92. The van der Waals surface area contributed by atoms with Gasteiger partial charge in [0.05, 0.1) is 18.3 Å². The largest absolute Gasteiger partial charge is 0.381 e. The number of ether oxygens (including phenoxy) is 2. The Balaban J connectivity index is 1.46. The van der Waals surface area contributed by atoms with Crippen molar-refractivity contribution in [3.8, 4) is 0 Å². The summed E-state index contributed by atoms with van der Waals surface area (Å²) >= 11 is 0. The van der Waals surface area contributed by atoms with Gasteiger partial charge in [0.1, 0.15) is 0 Å². The third kappa shape index (κ3) is 1.80. The summed E-state index contributed by atoms with van der Waals surface area (Å²) in [5.74, 6) is 2.70. The number of methoxy groups -OCH3 is 1. The minimum atomic E-state index is 0.265. The molecule has 0 aromatic carbocycles. The molecule has 4 fully saturated rings. The van der Waals surface area contributed by atoms with Crippen molar-refractivity contribution in [1.82, 2.24) is 0 Å². The van der Waals surface area contributed by atoms with Gasteiger partial charge in [0.2, 0.25) is 0 Å². The highest BCUT2D eigenvalue weighted by Gasteiger charge is 2.66. The molecule has 1 aliphatic heterocycles. The summed E-state index contributed by atoms with van der Waals surface area (Å²) in [4.78, 5) is 0. The van der Waals surface area contributed by atoms with Crippen molar-refractivity contribution in [1.29, 1.82) is 0 Å². The molecule has 1 heterocycles. The fraction of sp³-hybridized carbons (Fsp3) is 0.909. The van der Waals surface area contributed by atoms with E-state index in [2.05, 4.69) is 19.9 Å². The molecule has 0 amide bonds. The van der Waals surface area contributed by atoms with E-state index in [1.165, 1.54) is 57.8 Å². The number of allylic oxidation sites excluding steroid dienone is 1. The molecule has 0 aromatic rings. The molecule has 0 bridgehead atoms. The standard InChI is InChI=1S/C22H34O2/c1-20-9-6-16(23-3)14-15(20)4-5-17-18(20)7-10-21(2)19(17)8-11-22(21)12-13-24-22/h4,16-19H,5-14H2,1-3H3/t16-,17-,18+,19-,20+,21+,22-/m1/s1. The summed E-state index contributed by atoms with van der Waals surface area (Å²) in [6.07, 6.45) is 15.1. The van der Waals surface area contributed by atoms with Crippen LogP contribution in [0.1, 0.15) is 71.6 Å². The molecule has 5 rings (SSSR count). The number of fused-ring (bicyclic) bond motifs is 6. The van der Waals surface area contributed by atoms with E-state index >= 15 is 0 Å². The Labute approximate surface area is 147 Å². The van der Waals surface area contributed by atoms with Gasteiger partial charge in [-0.3, -0.25) is 0 Å². The molecule has 0 aromatic heterocycles. The normalized spacial score (nSPS) is 56.0. The number of rotatable bonds is 1. The summed E-state index contributed by atoms with van der Waals surface area (Å²) in [5.41, 5.74) is 2.91. The fourth-order valence-electron chi connectivity index (χ4n) is 7.92. The lowest BCUT2D eigenvalue weighted by atomic mass is 9.46. The zero-order valence-corrected chi connectivity index (χ0v) is 15.8. The van der Waals surface area contributed by atoms with Crippen molar-refractivity contribution in [3.63, 3.8) is 0 Å². The van der Waals surface area contributed by atoms with Crippen LogP contribution in [0.15, 0.2) is 11.6 Å². The topological polar surface area (TPSA) is 18.5 Å². The van der Waals surface area contributed by atoms with Crippen LogP contribution in [0.3, 0.4) is 0 Å². The maximum atomic E-state index is 6.26. The molecule has 0 unspecified atom stereocenters. The summed E-state index contributed by atoms with van der Waals surface area (Å²) in [5, 5.41) is 0. The van der Waals surface area contributed by atoms with Gasteiger partial charge < -0.3 is 9.47 Å². The Hall–Kier alpha value is -0.340. The van der Waals surface area contributed by atoms with E-state index in [1.54, 1.807) is 5.57 Å². The second-order valence-electron chi connectivity index (χ2n) is 9.95. The van der Waals surface area contributed by atoms with Gasteiger partial charge >= 0.3 is 0 Å². The lowest BCUT2D eigenvalue weighted by Crippen LogP contribution is -2.59. The highest BCUT2D eigenvalue weighted by molar-refractivity contribution is 5.26. The first-order valence-electron chi connectivity index (χ1n) is 10.4. The Bertz CT molecular complexity index is 562. The monoisotopic (exact) mass is 330 g/mol. The molecule has 134 valence electrons. The van der Waals surface area contributed by atoms with Gasteiger partial charge in [0, 0.05) is 13.5 Å². The van der Waals surface area contributed by atoms with Crippen LogP contribution in [-0.2, 0) is 9.47 Å². The van der Waals surface area contributed by atoms with Crippen molar-refractivity contribution in [3.05, 3.63) is 11.6 Å². The molecule has 1 saturated heterocycles. The van der Waals surface area contributed by atoms with Crippen molar-refractivity contribution in [2.75, 3.05) is 13.7 Å². The lowest BCUT2D eigenvalue weighted by Gasteiger charge is -2.61. The molecule has 2 heteroatoms. The third-order valence-corrected chi connectivity index (χ3v) is 9.57. The van der Waals surface area contributed by atoms with Gasteiger partial charge in [0.15, 0.2) is 0 Å². The van der Waals surface area contributed by atoms with Crippen molar-refractivity contribution < 1.29 is 9.47 Å². The zero-order valence-electron chi connectivity index (χ0n) is 15.8. The molecule has 5 aliphatic rings. The van der Waals surface area contributed by atoms with Crippen LogP contribution in [0, 0.1) is 28.6 Å². The van der Waals surface area contributed by atoms with Crippen LogP contribution in [0.4, 0.5) is 0 Å². The quantitative estimate of drug-likeness (QED) is 0.621. The van der Waals surface area contributed by atoms with Crippen LogP contribution in [0.5, 0.6) is 0 Å². The molecule has 7 atom stereocenters. The molecule has 2 nitrogen and oxygen atoms in total. The smallest absolute Gasteiger partial charge is 0.0760 e. The average Bonchev–Trinajstić information content (AvgIpc) is 2.87. The molecular formula is C22H34O2. The zero-order chi connectivity index (χ0) is 16.6. The molecule has 0 N–H and O–H groups in total. The Morgan fingerprint density at radius 2 is 1.83 bits per heavy atom. The van der Waals surface area contributed by atoms with Crippen LogP contribution in [-0.4, -0.2) is 25.4 Å². The van der Waals surface area contributed by atoms with E-state index < -0.39 is 0 Å². The maximum Gasteiger partial charge on any atom is 0.0760 e. The first kappa shape index (κ1) is 15.9. The van der Waals surface area contributed by atoms with E-state index in [-0.39, 0.29) is 5.60 Å². The average molecular weight is 331 g/mol. The van der Waals surface area contributed by atoms with E-state index in [9.17, 15) is 0 Å². The molecule has 4 aliphatic carbocycles. The summed E-state index contributed by atoms with van der Waals surface area (Å²) in [6.45, 7) is 6.19. The molecule has 3 saturated carbocycles. The second-order valence-corrected chi connectivity index (χ2v) is 9.95. The van der Waals surface area contributed by atoms with Crippen LogP contribution in [0.25, 0.3) is 0 Å². The highest BCUT2D eigenvalue weighted by Crippen LogP contribution is 2.69. The predicted octanol–water partition coefficient (Wildman–Crippen LogP) is 5.12. The lowest BCUT2D eigenvalue weighted by molar-refractivity contribution is -0.225. The van der Waals surface area contributed by atoms with Crippen LogP contribution in [0.2, 0.25) is 0 Å². The molecule has 24 heavy (non-hydrogen) atoms.